The maximum Gasteiger partial charge on any atom is 0.309 e. The molecule has 0 aromatic heterocycles. The molecule has 0 spiro atoms. The van der Waals surface area contributed by atoms with Gasteiger partial charge in [0.25, 0.3) is 0 Å². The minimum absolute atomic E-state index is 0.0135. The van der Waals surface area contributed by atoms with Gasteiger partial charge in [0.1, 0.15) is 6.10 Å². The molecule has 2 aliphatic carbocycles. The van der Waals surface area contributed by atoms with E-state index < -0.39 is 0 Å². The molecule has 0 bridgehead atoms. The second kappa shape index (κ2) is 3.96. The first-order valence-electron chi connectivity index (χ1n) is 7.31. The molecule has 0 aromatic rings. The lowest BCUT2D eigenvalue weighted by Crippen LogP contribution is -2.50. The van der Waals surface area contributed by atoms with E-state index in [9.17, 15) is 9.90 Å². The van der Waals surface area contributed by atoms with E-state index in [4.69, 9.17) is 4.74 Å². The van der Waals surface area contributed by atoms with Crippen LogP contribution in [-0.2, 0) is 9.53 Å². The number of hydrogen-bond donors (Lipinski definition) is 1. The van der Waals surface area contributed by atoms with Gasteiger partial charge >= 0.3 is 5.97 Å². The Morgan fingerprint density at radius 3 is 2.83 bits per heavy atom. The van der Waals surface area contributed by atoms with E-state index in [2.05, 4.69) is 13.8 Å². The van der Waals surface area contributed by atoms with Gasteiger partial charge in [-0.1, -0.05) is 20.8 Å². The molecule has 0 unspecified atom stereocenters. The molecule has 3 fully saturated rings. The lowest BCUT2D eigenvalue weighted by atomic mass is 9.53. The number of esters is 1. The number of hydrogen-bond acceptors (Lipinski definition) is 3. The quantitative estimate of drug-likeness (QED) is 0.673. The molecule has 102 valence electrons. The third-order valence-electron chi connectivity index (χ3n) is 6.10. The van der Waals surface area contributed by atoms with Gasteiger partial charge in [-0.25, -0.2) is 0 Å². The summed E-state index contributed by atoms with van der Waals surface area (Å²) >= 11 is 0. The first kappa shape index (κ1) is 12.5. The van der Waals surface area contributed by atoms with E-state index >= 15 is 0 Å². The average Bonchev–Trinajstić information content (AvgIpc) is 2.58. The zero-order valence-electron chi connectivity index (χ0n) is 11.6. The van der Waals surface area contributed by atoms with Crippen molar-refractivity contribution < 1.29 is 14.6 Å². The number of fused-ring (bicyclic) bond motifs is 2. The van der Waals surface area contributed by atoms with Crippen LogP contribution in [0.2, 0.25) is 0 Å². The largest absolute Gasteiger partial charge is 0.462 e. The van der Waals surface area contributed by atoms with Crippen LogP contribution in [-0.4, -0.2) is 23.3 Å². The van der Waals surface area contributed by atoms with Crippen LogP contribution < -0.4 is 0 Å². The van der Waals surface area contributed by atoms with Crippen LogP contribution in [0.4, 0.5) is 0 Å². The van der Waals surface area contributed by atoms with Gasteiger partial charge < -0.3 is 9.84 Å². The molecule has 1 heterocycles. The van der Waals surface area contributed by atoms with Crippen LogP contribution in [0.15, 0.2) is 0 Å². The number of aliphatic hydroxyl groups is 1. The van der Waals surface area contributed by atoms with Gasteiger partial charge in [-0.3, -0.25) is 4.79 Å². The molecule has 0 aromatic carbocycles. The maximum atomic E-state index is 11.7. The Morgan fingerprint density at radius 2 is 2.11 bits per heavy atom. The van der Waals surface area contributed by atoms with E-state index in [1.807, 2.05) is 6.92 Å². The number of aliphatic hydroxyl groups excluding tert-OH is 1. The predicted molar refractivity (Wildman–Crippen MR) is 67.8 cm³/mol. The zero-order chi connectivity index (χ0) is 13.1. The monoisotopic (exact) mass is 252 g/mol. The summed E-state index contributed by atoms with van der Waals surface area (Å²) in [6.07, 6.45) is 3.99. The fourth-order valence-electron chi connectivity index (χ4n) is 4.72. The fraction of sp³-hybridized carbons (Fsp3) is 0.933. The Morgan fingerprint density at radius 1 is 1.39 bits per heavy atom. The van der Waals surface area contributed by atoms with Crippen molar-refractivity contribution in [2.75, 3.05) is 0 Å². The van der Waals surface area contributed by atoms with Crippen molar-refractivity contribution in [2.24, 2.45) is 29.1 Å². The highest BCUT2D eigenvalue weighted by Gasteiger charge is 2.55. The van der Waals surface area contributed by atoms with Crippen molar-refractivity contribution in [2.45, 2.75) is 58.7 Å². The van der Waals surface area contributed by atoms with Gasteiger partial charge in [0.2, 0.25) is 0 Å². The van der Waals surface area contributed by atoms with Gasteiger partial charge in [-0.2, -0.15) is 0 Å². The topological polar surface area (TPSA) is 46.5 Å². The first-order valence-corrected chi connectivity index (χ1v) is 7.31. The molecule has 1 aliphatic heterocycles. The van der Waals surface area contributed by atoms with Crippen LogP contribution in [0.25, 0.3) is 0 Å². The molecule has 7 atom stereocenters. The number of rotatable bonds is 0. The van der Waals surface area contributed by atoms with Crippen molar-refractivity contribution in [1.29, 1.82) is 0 Å². The van der Waals surface area contributed by atoms with Gasteiger partial charge in [0, 0.05) is 5.92 Å². The molecule has 1 saturated heterocycles. The Bertz CT molecular complexity index is 367. The molecule has 3 aliphatic rings. The molecular weight excluding hydrogens is 228 g/mol. The van der Waals surface area contributed by atoms with Crippen LogP contribution in [0.5, 0.6) is 0 Å². The van der Waals surface area contributed by atoms with E-state index in [0.29, 0.717) is 17.8 Å². The summed E-state index contributed by atoms with van der Waals surface area (Å²) in [5, 5.41) is 10.1. The highest BCUT2D eigenvalue weighted by Crippen LogP contribution is 2.57. The van der Waals surface area contributed by atoms with E-state index in [1.165, 1.54) is 0 Å². The minimum Gasteiger partial charge on any atom is -0.462 e. The fourth-order valence-corrected chi connectivity index (χ4v) is 4.72. The maximum absolute atomic E-state index is 11.7. The normalized spacial score (nSPS) is 55.7. The number of ether oxygens (including phenoxy) is 1. The number of carbonyl (C=O) groups is 1. The Kier molecular flexibility index (Phi) is 2.74. The summed E-state index contributed by atoms with van der Waals surface area (Å²) < 4.78 is 5.55. The van der Waals surface area contributed by atoms with E-state index in [0.717, 1.165) is 25.7 Å². The Hall–Kier alpha value is -0.570. The van der Waals surface area contributed by atoms with E-state index in [-0.39, 0.29) is 29.5 Å². The predicted octanol–water partition coefficient (Wildman–Crippen LogP) is 2.37. The molecule has 2 saturated carbocycles. The lowest BCUT2D eigenvalue weighted by molar-refractivity contribution is -0.148. The summed E-state index contributed by atoms with van der Waals surface area (Å²) in [6.45, 7) is 6.50. The van der Waals surface area contributed by atoms with Gasteiger partial charge in [-0.15, -0.1) is 0 Å². The van der Waals surface area contributed by atoms with Gasteiger partial charge in [0.05, 0.1) is 12.0 Å². The summed E-state index contributed by atoms with van der Waals surface area (Å²) in [4.78, 5) is 11.7. The molecule has 3 rings (SSSR count). The molecular formula is C15H24O3. The Balaban J connectivity index is 1.86. The third kappa shape index (κ3) is 1.63. The van der Waals surface area contributed by atoms with Gasteiger partial charge in [-0.05, 0) is 42.9 Å². The Labute approximate surface area is 109 Å². The molecule has 18 heavy (non-hydrogen) atoms. The smallest absolute Gasteiger partial charge is 0.309 e. The highest BCUT2D eigenvalue weighted by molar-refractivity contribution is 5.74. The second-order valence-corrected chi connectivity index (χ2v) is 7.09. The first-order chi connectivity index (χ1) is 8.42. The summed E-state index contributed by atoms with van der Waals surface area (Å²) in [5.41, 5.74) is 0.254. The van der Waals surface area contributed by atoms with Gasteiger partial charge in [0.15, 0.2) is 0 Å². The van der Waals surface area contributed by atoms with Crippen molar-refractivity contribution in [3.63, 3.8) is 0 Å². The van der Waals surface area contributed by atoms with Crippen LogP contribution in [0, 0.1) is 29.1 Å². The van der Waals surface area contributed by atoms with Crippen LogP contribution in [0.3, 0.4) is 0 Å². The summed E-state index contributed by atoms with van der Waals surface area (Å²) in [7, 11) is 0. The molecule has 1 N–H and O–H groups in total. The van der Waals surface area contributed by atoms with E-state index in [1.54, 1.807) is 0 Å². The second-order valence-electron chi connectivity index (χ2n) is 7.09. The molecule has 0 radical (unpaired) electrons. The summed E-state index contributed by atoms with van der Waals surface area (Å²) in [5.74, 6) is 1.31. The lowest BCUT2D eigenvalue weighted by Gasteiger charge is -2.53. The van der Waals surface area contributed by atoms with Crippen LogP contribution in [0.1, 0.15) is 46.5 Å². The minimum atomic E-state index is -0.159. The SMILES string of the molecule is C[C@@H]1[C@H](O)CC[C@]2(C)C[C@@H]3OC(=O)[C@@H](C)[C@H]3C[C@@H]12. The standard InChI is InChI=1S/C15H24O3/c1-8-10-6-11-9(2)12(16)4-5-15(11,3)7-13(10)18-14(8)17/h8-13,16H,4-7H2,1-3H3/t8-,9-,10+,11-,12+,13-,15+/m0/s1. The van der Waals surface area contributed by atoms with Crippen LogP contribution >= 0.6 is 0 Å². The molecule has 3 heteroatoms. The third-order valence-corrected chi connectivity index (χ3v) is 6.10. The molecule has 0 amide bonds. The highest BCUT2D eigenvalue weighted by atomic mass is 16.6. The van der Waals surface area contributed by atoms with Crippen molar-refractivity contribution in [3.05, 3.63) is 0 Å². The molecule has 3 nitrogen and oxygen atoms in total. The van der Waals surface area contributed by atoms with Crippen molar-refractivity contribution in [1.82, 2.24) is 0 Å². The van der Waals surface area contributed by atoms with Crippen molar-refractivity contribution >= 4 is 5.97 Å². The summed E-state index contributed by atoms with van der Waals surface area (Å²) in [6, 6.07) is 0. The average molecular weight is 252 g/mol. The van der Waals surface area contributed by atoms with Crippen molar-refractivity contribution in [3.8, 4) is 0 Å². The zero-order valence-corrected chi connectivity index (χ0v) is 11.6. The number of carbonyl (C=O) groups excluding carboxylic acids is 1.